The third-order valence-electron chi connectivity index (χ3n) is 3.11. The molecule has 0 heterocycles. The van der Waals surface area contributed by atoms with Gasteiger partial charge in [-0.15, -0.1) is 0 Å². The lowest BCUT2D eigenvalue weighted by Crippen LogP contribution is -2.33. The van der Waals surface area contributed by atoms with E-state index >= 15 is 0 Å². The molecule has 0 radical (unpaired) electrons. The maximum atomic E-state index is 8.08. The molecule has 124 valence electrons. The van der Waals surface area contributed by atoms with Crippen LogP contribution in [0.15, 0.2) is 58.7 Å². The fourth-order valence-electron chi connectivity index (χ4n) is 1.72. The number of nitrogens with zero attached hydrogens (tertiary/aromatic N) is 4. The summed E-state index contributed by atoms with van der Waals surface area (Å²) in [6, 6.07) is 14.6. The first kappa shape index (κ1) is 18.0. The summed E-state index contributed by atoms with van der Waals surface area (Å²) in [5.74, 6) is 0.130. The van der Waals surface area contributed by atoms with E-state index in [1.807, 2.05) is 24.3 Å². The second kappa shape index (κ2) is 8.47. The van der Waals surface area contributed by atoms with Crippen molar-refractivity contribution in [3.05, 3.63) is 69.7 Å². The molecule has 24 heavy (non-hydrogen) atoms. The van der Waals surface area contributed by atoms with Gasteiger partial charge in [-0.25, -0.2) is 10.0 Å². The summed E-state index contributed by atoms with van der Waals surface area (Å²) in [7, 11) is 3.37. The average Bonchev–Trinajstić information content (AvgIpc) is 2.59. The zero-order chi connectivity index (χ0) is 17.5. The van der Waals surface area contributed by atoms with Crippen LogP contribution in [-0.4, -0.2) is 42.5 Å². The maximum absolute atomic E-state index is 8.08. The molecule has 0 fully saturated rings. The zero-order valence-electron chi connectivity index (χ0n) is 13.3. The van der Waals surface area contributed by atoms with Crippen molar-refractivity contribution < 1.29 is 0 Å². The minimum atomic E-state index is 0.130. The monoisotopic (exact) mass is 361 g/mol. The molecule has 0 unspecified atom stereocenters. The van der Waals surface area contributed by atoms with Crippen LogP contribution in [0, 0.1) is 5.41 Å². The normalized spacial score (nSPS) is 11.2. The van der Waals surface area contributed by atoms with E-state index in [1.54, 1.807) is 50.8 Å². The third kappa shape index (κ3) is 5.37. The molecular weight excluding hydrogens is 345 g/mol. The van der Waals surface area contributed by atoms with Gasteiger partial charge in [-0.1, -0.05) is 47.5 Å². The minimum Gasteiger partial charge on any atom is -0.266 e. The molecule has 0 atom stereocenters. The van der Waals surface area contributed by atoms with Crippen LogP contribution in [0.3, 0.4) is 0 Å². The third-order valence-corrected chi connectivity index (χ3v) is 3.62. The molecule has 0 saturated carbocycles. The Morgan fingerprint density at radius 1 is 0.792 bits per heavy atom. The van der Waals surface area contributed by atoms with Crippen LogP contribution in [0.4, 0.5) is 0 Å². The van der Waals surface area contributed by atoms with Crippen molar-refractivity contribution in [2.24, 2.45) is 10.2 Å². The summed E-state index contributed by atoms with van der Waals surface area (Å²) in [5, 5.41) is 20.7. The van der Waals surface area contributed by atoms with Gasteiger partial charge in [0.2, 0.25) is 5.96 Å². The summed E-state index contributed by atoms with van der Waals surface area (Å²) in [4.78, 5) is 0. The van der Waals surface area contributed by atoms with Crippen LogP contribution in [0.2, 0.25) is 10.0 Å². The Morgan fingerprint density at radius 3 is 1.46 bits per heavy atom. The number of rotatable bonds is 4. The molecule has 0 amide bonds. The molecule has 0 aliphatic heterocycles. The van der Waals surface area contributed by atoms with Crippen molar-refractivity contribution >= 4 is 41.6 Å². The van der Waals surface area contributed by atoms with E-state index in [4.69, 9.17) is 28.6 Å². The first-order chi connectivity index (χ1) is 11.5. The summed E-state index contributed by atoms with van der Waals surface area (Å²) < 4.78 is 0. The highest BCUT2D eigenvalue weighted by Crippen LogP contribution is 2.09. The lowest BCUT2D eigenvalue weighted by atomic mass is 10.2. The molecule has 0 aliphatic carbocycles. The minimum absolute atomic E-state index is 0.130. The largest absolute Gasteiger partial charge is 0.266 e. The molecule has 0 saturated heterocycles. The number of nitrogens with one attached hydrogen (secondary N) is 1. The van der Waals surface area contributed by atoms with Crippen molar-refractivity contribution in [2.75, 3.05) is 14.1 Å². The predicted molar refractivity (Wildman–Crippen MR) is 101 cm³/mol. The Hall–Kier alpha value is -2.37. The molecule has 0 aromatic heterocycles. The predicted octanol–water partition coefficient (Wildman–Crippen LogP) is 4.16. The SMILES string of the molecule is CN(N=Cc1ccc(Cl)cc1)C(=N)N(C)N=Cc1ccc(Cl)cc1. The Balaban J connectivity index is 1.96. The van der Waals surface area contributed by atoms with E-state index in [0.717, 1.165) is 11.1 Å². The van der Waals surface area contributed by atoms with E-state index < -0.39 is 0 Å². The zero-order valence-corrected chi connectivity index (χ0v) is 14.8. The van der Waals surface area contributed by atoms with Crippen molar-refractivity contribution in [3.8, 4) is 0 Å². The lowest BCUT2D eigenvalue weighted by molar-refractivity contribution is 0.412. The Kier molecular flexibility index (Phi) is 6.35. The van der Waals surface area contributed by atoms with Crippen molar-refractivity contribution in [2.45, 2.75) is 0 Å². The topological polar surface area (TPSA) is 55.1 Å². The molecule has 2 aromatic carbocycles. The van der Waals surface area contributed by atoms with E-state index in [2.05, 4.69) is 10.2 Å². The van der Waals surface area contributed by atoms with Gasteiger partial charge in [0.15, 0.2) is 0 Å². The highest BCUT2D eigenvalue weighted by molar-refractivity contribution is 6.30. The first-order valence-electron chi connectivity index (χ1n) is 7.11. The number of benzene rings is 2. The molecule has 2 aromatic rings. The molecule has 7 heteroatoms. The number of hydrazone groups is 2. The summed E-state index contributed by atoms with van der Waals surface area (Å²) in [5.41, 5.74) is 1.79. The average molecular weight is 362 g/mol. The molecule has 0 bridgehead atoms. The molecule has 2 rings (SSSR count). The highest BCUT2D eigenvalue weighted by atomic mass is 35.5. The van der Waals surface area contributed by atoms with Gasteiger partial charge in [0, 0.05) is 24.1 Å². The van der Waals surface area contributed by atoms with Crippen LogP contribution in [0.1, 0.15) is 11.1 Å². The van der Waals surface area contributed by atoms with Gasteiger partial charge in [-0.3, -0.25) is 5.41 Å². The van der Waals surface area contributed by atoms with Crippen LogP contribution in [0.5, 0.6) is 0 Å². The number of guanidine groups is 1. The van der Waals surface area contributed by atoms with E-state index in [-0.39, 0.29) is 5.96 Å². The smallest absolute Gasteiger partial charge is 0.234 e. The second-order valence-corrected chi connectivity index (χ2v) is 5.84. The van der Waals surface area contributed by atoms with Gasteiger partial charge < -0.3 is 0 Å². The first-order valence-corrected chi connectivity index (χ1v) is 7.86. The van der Waals surface area contributed by atoms with Crippen molar-refractivity contribution in [1.82, 2.24) is 10.0 Å². The van der Waals surface area contributed by atoms with Gasteiger partial charge in [0.1, 0.15) is 0 Å². The van der Waals surface area contributed by atoms with Crippen LogP contribution >= 0.6 is 23.2 Å². The second-order valence-electron chi connectivity index (χ2n) is 4.96. The Labute approximate surface area is 151 Å². The number of hydrogen-bond donors (Lipinski definition) is 1. The van der Waals surface area contributed by atoms with Crippen molar-refractivity contribution in [3.63, 3.8) is 0 Å². The number of hydrogen-bond acceptors (Lipinski definition) is 3. The van der Waals surface area contributed by atoms with Gasteiger partial charge in [-0.2, -0.15) is 10.2 Å². The number of halogens is 2. The Morgan fingerprint density at radius 2 is 1.12 bits per heavy atom. The van der Waals surface area contributed by atoms with Gasteiger partial charge in [-0.05, 0) is 35.4 Å². The molecule has 0 aliphatic rings. The van der Waals surface area contributed by atoms with E-state index in [0.29, 0.717) is 10.0 Å². The van der Waals surface area contributed by atoms with Gasteiger partial charge in [0.25, 0.3) is 0 Å². The van der Waals surface area contributed by atoms with Crippen molar-refractivity contribution in [1.29, 1.82) is 5.41 Å². The summed E-state index contributed by atoms with van der Waals surface area (Å²) in [6.07, 6.45) is 3.31. The summed E-state index contributed by atoms with van der Waals surface area (Å²) >= 11 is 11.7. The van der Waals surface area contributed by atoms with Gasteiger partial charge >= 0.3 is 0 Å². The van der Waals surface area contributed by atoms with Crippen LogP contribution in [-0.2, 0) is 0 Å². The Bertz CT molecular complexity index is 675. The fourth-order valence-corrected chi connectivity index (χ4v) is 1.98. The maximum Gasteiger partial charge on any atom is 0.234 e. The highest BCUT2D eigenvalue weighted by Gasteiger charge is 2.07. The quantitative estimate of drug-likeness (QED) is 0.504. The fraction of sp³-hybridized carbons (Fsp3) is 0.118. The molecular formula is C17H17Cl2N5. The standard InChI is InChI=1S/C17H17Cl2N5/c1-23(21-11-13-3-7-15(18)8-4-13)17(20)24(2)22-12-14-5-9-16(19)10-6-14/h3-12,20H,1-2H3. The van der Waals surface area contributed by atoms with E-state index in [1.165, 1.54) is 10.0 Å². The molecule has 5 nitrogen and oxygen atoms in total. The molecule has 0 spiro atoms. The summed E-state index contributed by atoms with van der Waals surface area (Å²) in [6.45, 7) is 0. The molecule has 1 N–H and O–H groups in total. The van der Waals surface area contributed by atoms with Gasteiger partial charge in [0.05, 0.1) is 12.4 Å². The lowest BCUT2D eigenvalue weighted by Gasteiger charge is -2.19. The van der Waals surface area contributed by atoms with Crippen LogP contribution < -0.4 is 0 Å². The van der Waals surface area contributed by atoms with E-state index in [9.17, 15) is 0 Å². The van der Waals surface area contributed by atoms with Crippen LogP contribution in [0.25, 0.3) is 0 Å².